The lowest BCUT2D eigenvalue weighted by molar-refractivity contribution is -0.122. The highest BCUT2D eigenvalue weighted by Crippen LogP contribution is 2.35. The van der Waals surface area contributed by atoms with Gasteiger partial charge in [-0.05, 0) is 54.5 Å². The molecule has 1 fully saturated rings. The minimum absolute atomic E-state index is 0.0976. The first-order valence-electron chi connectivity index (χ1n) is 12.4. The van der Waals surface area contributed by atoms with Gasteiger partial charge < -0.3 is 9.47 Å². The van der Waals surface area contributed by atoms with Gasteiger partial charge in [0.1, 0.15) is 22.4 Å². The number of rotatable bonds is 10. The third-order valence-electron chi connectivity index (χ3n) is 6.08. The van der Waals surface area contributed by atoms with Gasteiger partial charge in [0.05, 0.1) is 10.6 Å². The number of ether oxygens (including phenoxy) is 2. The average molecular weight is 576 g/mol. The van der Waals surface area contributed by atoms with Crippen LogP contribution in [0.1, 0.15) is 17.5 Å². The Morgan fingerprint density at radius 1 is 1.05 bits per heavy atom. The van der Waals surface area contributed by atoms with Gasteiger partial charge >= 0.3 is 0 Å². The molecule has 1 amide bonds. The monoisotopic (exact) mass is 575 g/mol. The lowest BCUT2D eigenvalue weighted by atomic mass is 10.1. The Balaban J connectivity index is 1.46. The van der Waals surface area contributed by atoms with Crippen molar-refractivity contribution >= 4 is 51.9 Å². The van der Waals surface area contributed by atoms with Crippen molar-refractivity contribution in [2.75, 3.05) is 20.3 Å². The Morgan fingerprint density at radius 3 is 2.62 bits per heavy atom. The number of thiocarbonyl (C=S) groups is 1. The van der Waals surface area contributed by atoms with Crippen molar-refractivity contribution in [2.45, 2.75) is 13.0 Å². The molecule has 0 radical (unpaired) electrons. The van der Waals surface area contributed by atoms with Gasteiger partial charge in [0.25, 0.3) is 5.91 Å². The number of aromatic nitrogens is 2. The highest BCUT2D eigenvalue weighted by Gasteiger charge is 2.32. The van der Waals surface area contributed by atoms with Crippen LogP contribution in [-0.4, -0.2) is 45.2 Å². The van der Waals surface area contributed by atoms with Crippen LogP contribution < -0.4 is 4.74 Å². The molecule has 1 aliphatic rings. The first-order chi connectivity index (χ1) is 19.0. The van der Waals surface area contributed by atoms with Gasteiger partial charge in [0, 0.05) is 42.6 Å². The summed E-state index contributed by atoms with van der Waals surface area (Å²) in [6.45, 7) is 1.51. The number of amides is 1. The SMILES string of the molecule is COCCCN1C(=O)C(=Cc2cn(-c3ccccc3)nc2-c2cccc(OCc3ccc(Cl)cc3)c2)SC1=S. The number of methoxy groups -OCH3 is 1. The number of hydrogen-bond acceptors (Lipinski definition) is 6. The number of benzene rings is 3. The highest BCUT2D eigenvalue weighted by atomic mass is 35.5. The molecule has 1 aromatic heterocycles. The zero-order chi connectivity index (χ0) is 27.2. The van der Waals surface area contributed by atoms with Crippen LogP contribution in [0, 0.1) is 0 Å². The predicted octanol–water partition coefficient (Wildman–Crippen LogP) is 7.01. The molecule has 39 heavy (non-hydrogen) atoms. The van der Waals surface area contributed by atoms with E-state index in [2.05, 4.69) is 0 Å². The van der Waals surface area contributed by atoms with Crippen LogP contribution in [0.25, 0.3) is 23.0 Å². The first-order valence-corrected chi connectivity index (χ1v) is 14.0. The van der Waals surface area contributed by atoms with Crippen LogP contribution in [0.4, 0.5) is 0 Å². The Kier molecular flexibility index (Phi) is 8.78. The van der Waals surface area contributed by atoms with Crippen LogP contribution in [0.15, 0.2) is 90.0 Å². The minimum atomic E-state index is -0.0976. The first kappa shape index (κ1) is 27.1. The second-order valence-corrected chi connectivity index (χ2v) is 10.9. The summed E-state index contributed by atoms with van der Waals surface area (Å²) >= 11 is 12.8. The maximum atomic E-state index is 13.2. The van der Waals surface area contributed by atoms with Crippen molar-refractivity contribution in [2.24, 2.45) is 0 Å². The Labute approximate surface area is 242 Å². The molecule has 5 rings (SSSR count). The summed E-state index contributed by atoms with van der Waals surface area (Å²) < 4.78 is 13.6. The number of carbonyl (C=O) groups is 1. The van der Waals surface area contributed by atoms with Crippen LogP contribution in [0.3, 0.4) is 0 Å². The minimum Gasteiger partial charge on any atom is -0.489 e. The molecular formula is C30H26ClN3O3S2. The predicted molar refractivity (Wildman–Crippen MR) is 161 cm³/mol. The molecule has 0 unspecified atom stereocenters. The number of halogens is 1. The largest absolute Gasteiger partial charge is 0.489 e. The Hall–Kier alpha value is -3.43. The van der Waals surface area contributed by atoms with E-state index in [-0.39, 0.29) is 5.91 Å². The Morgan fingerprint density at radius 2 is 1.85 bits per heavy atom. The molecular weight excluding hydrogens is 550 g/mol. The summed E-state index contributed by atoms with van der Waals surface area (Å²) in [5.41, 5.74) is 4.36. The number of thioether (sulfide) groups is 1. The van der Waals surface area contributed by atoms with Crippen molar-refractivity contribution < 1.29 is 14.3 Å². The highest BCUT2D eigenvalue weighted by molar-refractivity contribution is 8.26. The normalized spacial score (nSPS) is 14.4. The number of nitrogens with zero attached hydrogens (tertiary/aromatic N) is 3. The molecule has 0 spiro atoms. The smallest absolute Gasteiger partial charge is 0.266 e. The van der Waals surface area contributed by atoms with Crippen LogP contribution in [0.5, 0.6) is 5.75 Å². The molecule has 0 saturated carbocycles. The summed E-state index contributed by atoms with van der Waals surface area (Å²) in [6, 6.07) is 25.2. The van der Waals surface area contributed by atoms with Gasteiger partial charge in [-0.3, -0.25) is 9.69 Å². The van der Waals surface area contributed by atoms with Crippen molar-refractivity contribution in [1.82, 2.24) is 14.7 Å². The third-order valence-corrected chi connectivity index (χ3v) is 7.71. The maximum absolute atomic E-state index is 13.2. The number of hydrogen-bond donors (Lipinski definition) is 0. The molecule has 198 valence electrons. The fraction of sp³-hybridized carbons (Fsp3) is 0.167. The van der Waals surface area contributed by atoms with E-state index in [1.54, 1.807) is 12.0 Å². The van der Waals surface area contributed by atoms with Crippen molar-refractivity contribution in [3.05, 3.63) is 106 Å². The fourth-order valence-electron chi connectivity index (χ4n) is 4.11. The van der Waals surface area contributed by atoms with E-state index < -0.39 is 0 Å². The third kappa shape index (κ3) is 6.59. The molecule has 0 aliphatic carbocycles. The molecule has 4 aromatic rings. The molecule has 2 heterocycles. The average Bonchev–Trinajstić information content (AvgIpc) is 3.50. The summed E-state index contributed by atoms with van der Waals surface area (Å²) in [6.07, 6.45) is 4.53. The van der Waals surface area contributed by atoms with E-state index in [1.807, 2.05) is 95.8 Å². The summed E-state index contributed by atoms with van der Waals surface area (Å²) in [5.74, 6) is 0.617. The molecule has 6 nitrogen and oxygen atoms in total. The number of carbonyl (C=O) groups excluding carboxylic acids is 1. The van der Waals surface area contributed by atoms with E-state index in [0.717, 1.165) is 34.5 Å². The summed E-state index contributed by atoms with van der Waals surface area (Å²) in [4.78, 5) is 15.4. The van der Waals surface area contributed by atoms with Gasteiger partial charge in [0.2, 0.25) is 0 Å². The van der Waals surface area contributed by atoms with Crippen molar-refractivity contribution in [3.8, 4) is 22.7 Å². The van der Waals surface area contributed by atoms with Crippen LogP contribution >= 0.6 is 35.6 Å². The molecule has 1 aliphatic heterocycles. The zero-order valence-electron chi connectivity index (χ0n) is 21.2. The van der Waals surface area contributed by atoms with Gasteiger partial charge in [0.15, 0.2) is 0 Å². The lowest BCUT2D eigenvalue weighted by Crippen LogP contribution is -2.29. The lowest BCUT2D eigenvalue weighted by Gasteiger charge is -2.13. The second-order valence-electron chi connectivity index (χ2n) is 8.84. The van der Waals surface area contributed by atoms with Gasteiger partial charge in [-0.2, -0.15) is 5.10 Å². The van der Waals surface area contributed by atoms with Gasteiger partial charge in [-0.25, -0.2) is 4.68 Å². The molecule has 3 aromatic carbocycles. The van der Waals surface area contributed by atoms with E-state index in [4.69, 9.17) is 38.4 Å². The molecule has 9 heteroatoms. The summed E-state index contributed by atoms with van der Waals surface area (Å²) in [7, 11) is 1.65. The quantitative estimate of drug-likeness (QED) is 0.115. The van der Waals surface area contributed by atoms with Crippen LogP contribution in [0.2, 0.25) is 5.02 Å². The zero-order valence-corrected chi connectivity index (χ0v) is 23.6. The van der Waals surface area contributed by atoms with E-state index in [1.165, 1.54) is 11.8 Å². The van der Waals surface area contributed by atoms with E-state index in [9.17, 15) is 4.79 Å². The standard InChI is InChI=1S/C30H26ClN3O3S2/c1-36-16-6-15-33-29(35)27(39-30(33)38)18-23-19-34(25-8-3-2-4-9-25)32-28(23)22-7-5-10-26(17-22)37-20-21-11-13-24(31)14-12-21/h2-5,7-14,17-19H,6,15-16,20H2,1H3. The van der Waals surface area contributed by atoms with Gasteiger partial charge in [-0.1, -0.05) is 78.0 Å². The van der Waals surface area contributed by atoms with Crippen molar-refractivity contribution in [3.63, 3.8) is 0 Å². The maximum Gasteiger partial charge on any atom is 0.266 e. The topological polar surface area (TPSA) is 56.6 Å². The molecule has 1 saturated heterocycles. The Bertz CT molecular complexity index is 1500. The number of para-hydroxylation sites is 1. The molecule has 0 atom stereocenters. The van der Waals surface area contributed by atoms with Gasteiger partial charge in [-0.15, -0.1) is 0 Å². The second kappa shape index (κ2) is 12.6. The molecule has 0 N–H and O–H groups in total. The summed E-state index contributed by atoms with van der Waals surface area (Å²) in [5, 5.41) is 5.59. The van der Waals surface area contributed by atoms with E-state index >= 15 is 0 Å². The van der Waals surface area contributed by atoms with E-state index in [0.29, 0.717) is 39.8 Å². The molecule has 0 bridgehead atoms. The fourth-order valence-corrected chi connectivity index (χ4v) is 5.54. The van der Waals surface area contributed by atoms with Crippen LogP contribution in [-0.2, 0) is 16.1 Å². The van der Waals surface area contributed by atoms with Crippen molar-refractivity contribution in [1.29, 1.82) is 0 Å².